The van der Waals surface area contributed by atoms with Gasteiger partial charge in [0.1, 0.15) is 5.82 Å². The maximum atomic E-state index is 13.3. The van der Waals surface area contributed by atoms with Crippen molar-refractivity contribution in [1.29, 1.82) is 0 Å². The Morgan fingerprint density at radius 1 is 1.37 bits per heavy atom. The number of pyridine rings is 1. The van der Waals surface area contributed by atoms with E-state index >= 15 is 0 Å². The van der Waals surface area contributed by atoms with Gasteiger partial charge >= 0.3 is 0 Å². The highest BCUT2D eigenvalue weighted by Crippen LogP contribution is 2.27. The van der Waals surface area contributed by atoms with Crippen molar-refractivity contribution in [2.45, 2.75) is 26.4 Å². The molecule has 0 amide bonds. The molecule has 2 aromatic rings. The summed E-state index contributed by atoms with van der Waals surface area (Å²) in [6, 6.07) is 1.63. The smallest absolute Gasteiger partial charge is 0.165 e. The highest BCUT2D eigenvalue weighted by molar-refractivity contribution is 5.54. The third-order valence-corrected chi connectivity index (χ3v) is 3.39. The maximum Gasteiger partial charge on any atom is 0.165 e. The molecular formula is C13H16FN5. The third kappa shape index (κ3) is 2.12. The molecule has 19 heavy (non-hydrogen) atoms. The summed E-state index contributed by atoms with van der Waals surface area (Å²) < 4.78 is 15.3. The number of hydrogen-bond donors (Lipinski definition) is 1. The Balaban J connectivity index is 2.06. The molecule has 1 atom stereocenters. The molecule has 1 aliphatic heterocycles. The molecule has 1 N–H and O–H groups in total. The van der Waals surface area contributed by atoms with Crippen molar-refractivity contribution in [3.8, 4) is 11.4 Å². The van der Waals surface area contributed by atoms with Crippen LogP contribution in [0.4, 0.5) is 4.39 Å². The minimum absolute atomic E-state index is 0.191. The molecule has 0 fully saturated rings. The van der Waals surface area contributed by atoms with E-state index in [-0.39, 0.29) is 11.9 Å². The van der Waals surface area contributed by atoms with Crippen molar-refractivity contribution in [3.63, 3.8) is 0 Å². The van der Waals surface area contributed by atoms with Gasteiger partial charge in [-0.15, -0.1) is 10.2 Å². The summed E-state index contributed by atoms with van der Waals surface area (Å²) in [5.74, 6) is 1.68. The minimum Gasteiger partial charge on any atom is -0.308 e. The van der Waals surface area contributed by atoms with E-state index in [0.717, 1.165) is 18.9 Å². The first-order valence-electron chi connectivity index (χ1n) is 6.44. The van der Waals surface area contributed by atoms with Crippen LogP contribution in [-0.4, -0.2) is 26.3 Å². The van der Waals surface area contributed by atoms with Gasteiger partial charge < -0.3 is 9.88 Å². The van der Waals surface area contributed by atoms with Gasteiger partial charge in [0.25, 0.3) is 0 Å². The molecule has 0 aromatic carbocycles. The van der Waals surface area contributed by atoms with Crippen molar-refractivity contribution in [2.75, 3.05) is 6.54 Å². The summed E-state index contributed by atoms with van der Waals surface area (Å²) in [7, 11) is 0. The van der Waals surface area contributed by atoms with E-state index in [9.17, 15) is 4.39 Å². The monoisotopic (exact) mass is 261 g/mol. The summed E-state index contributed by atoms with van der Waals surface area (Å²) in [4.78, 5) is 3.87. The average Bonchev–Trinajstić information content (AvgIpc) is 2.82. The van der Waals surface area contributed by atoms with Crippen LogP contribution in [-0.2, 0) is 6.54 Å². The molecule has 1 unspecified atom stereocenters. The lowest BCUT2D eigenvalue weighted by Crippen LogP contribution is -2.36. The van der Waals surface area contributed by atoms with Gasteiger partial charge in [-0.25, -0.2) is 4.39 Å². The molecule has 3 rings (SSSR count). The van der Waals surface area contributed by atoms with E-state index in [0.29, 0.717) is 17.3 Å². The first kappa shape index (κ1) is 12.2. The quantitative estimate of drug-likeness (QED) is 0.895. The van der Waals surface area contributed by atoms with Crippen molar-refractivity contribution >= 4 is 0 Å². The second-order valence-corrected chi connectivity index (χ2v) is 5.10. The van der Waals surface area contributed by atoms with E-state index in [4.69, 9.17) is 0 Å². The van der Waals surface area contributed by atoms with Crippen LogP contribution in [0.25, 0.3) is 11.4 Å². The Morgan fingerprint density at radius 3 is 2.95 bits per heavy atom. The number of halogens is 1. The van der Waals surface area contributed by atoms with Gasteiger partial charge in [0.05, 0.1) is 12.2 Å². The fourth-order valence-corrected chi connectivity index (χ4v) is 2.47. The van der Waals surface area contributed by atoms with Crippen LogP contribution in [0.1, 0.15) is 25.7 Å². The average molecular weight is 261 g/mol. The van der Waals surface area contributed by atoms with Crippen LogP contribution >= 0.6 is 0 Å². The molecule has 100 valence electrons. The number of fused-ring (bicyclic) bond motifs is 1. The van der Waals surface area contributed by atoms with Gasteiger partial charge in [-0.3, -0.25) is 4.98 Å². The van der Waals surface area contributed by atoms with Crippen LogP contribution < -0.4 is 5.32 Å². The predicted molar refractivity (Wildman–Crippen MR) is 68.8 cm³/mol. The number of nitrogens with zero attached hydrogens (tertiary/aromatic N) is 4. The van der Waals surface area contributed by atoms with Gasteiger partial charge in [-0.2, -0.15) is 0 Å². The SMILES string of the molecule is CC(C)C1NCCn2c(-c3cncc(F)c3)nnc21. The molecule has 0 saturated heterocycles. The van der Waals surface area contributed by atoms with Crippen LogP contribution in [0.3, 0.4) is 0 Å². The first-order chi connectivity index (χ1) is 9.16. The van der Waals surface area contributed by atoms with E-state index in [1.165, 1.54) is 12.3 Å². The summed E-state index contributed by atoms with van der Waals surface area (Å²) in [6.45, 7) is 5.94. The van der Waals surface area contributed by atoms with Crippen molar-refractivity contribution in [1.82, 2.24) is 25.1 Å². The van der Waals surface area contributed by atoms with Crippen LogP contribution in [0.15, 0.2) is 18.5 Å². The van der Waals surface area contributed by atoms with Crippen molar-refractivity contribution < 1.29 is 4.39 Å². The molecule has 6 heteroatoms. The first-order valence-corrected chi connectivity index (χ1v) is 6.44. The fraction of sp³-hybridized carbons (Fsp3) is 0.462. The molecule has 1 aliphatic rings. The van der Waals surface area contributed by atoms with Crippen LogP contribution in [0.5, 0.6) is 0 Å². The van der Waals surface area contributed by atoms with Gasteiger partial charge in [0, 0.05) is 24.8 Å². The molecule has 0 aliphatic carbocycles. The van der Waals surface area contributed by atoms with E-state index in [1.807, 2.05) is 0 Å². The second-order valence-electron chi connectivity index (χ2n) is 5.10. The number of hydrogen-bond acceptors (Lipinski definition) is 4. The number of aromatic nitrogens is 4. The van der Waals surface area contributed by atoms with Crippen molar-refractivity contribution in [2.24, 2.45) is 5.92 Å². The fourth-order valence-electron chi connectivity index (χ4n) is 2.47. The Morgan fingerprint density at radius 2 is 2.21 bits per heavy atom. The molecule has 0 radical (unpaired) electrons. The van der Waals surface area contributed by atoms with Crippen molar-refractivity contribution in [3.05, 3.63) is 30.1 Å². The molecule has 5 nitrogen and oxygen atoms in total. The summed E-state index contributed by atoms with van der Waals surface area (Å²) in [6.07, 6.45) is 2.81. The zero-order chi connectivity index (χ0) is 13.4. The lowest BCUT2D eigenvalue weighted by molar-refractivity contribution is 0.339. The van der Waals surface area contributed by atoms with Gasteiger partial charge in [0.15, 0.2) is 11.6 Å². The molecule has 3 heterocycles. The molecular weight excluding hydrogens is 245 g/mol. The molecule has 0 saturated carbocycles. The van der Waals surface area contributed by atoms with Gasteiger partial charge in [0.2, 0.25) is 0 Å². The molecule has 0 bridgehead atoms. The summed E-state index contributed by atoms with van der Waals surface area (Å²) in [5, 5.41) is 11.9. The second kappa shape index (κ2) is 4.70. The predicted octanol–water partition coefficient (Wildman–Crippen LogP) is 1.78. The third-order valence-electron chi connectivity index (χ3n) is 3.39. The largest absolute Gasteiger partial charge is 0.308 e. The Kier molecular flexibility index (Phi) is 3.02. The normalized spacial score (nSPS) is 18.6. The Hall–Kier alpha value is -1.82. The Labute approximate surface area is 110 Å². The standard InChI is InChI=1S/C13H16FN5/c1-8(2)11-13-18-17-12(19(13)4-3-16-11)9-5-10(14)7-15-6-9/h5-8,11,16H,3-4H2,1-2H3. The van der Waals surface area contributed by atoms with Crippen LogP contribution in [0.2, 0.25) is 0 Å². The zero-order valence-corrected chi connectivity index (χ0v) is 11.0. The topological polar surface area (TPSA) is 55.6 Å². The highest BCUT2D eigenvalue weighted by atomic mass is 19.1. The van der Waals surface area contributed by atoms with Gasteiger partial charge in [-0.1, -0.05) is 13.8 Å². The Bertz CT molecular complexity index is 592. The number of nitrogens with one attached hydrogen (secondary N) is 1. The van der Waals surface area contributed by atoms with E-state index < -0.39 is 0 Å². The molecule has 0 spiro atoms. The maximum absolute atomic E-state index is 13.3. The zero-order valence-electron chi connectivity index (χ0n) is 11.0. The highest BCUT2D eigenvalue weighted by Gasteiger charge is 2.27. The van der Waals surface area contributed by atoms with E-state index in [1.54, 1.807) is 6.20 Å². The summed E-state index contributed by atoms with van der Waals surface area (Å²) >= 11 is 0. The number of rotatable bonds is 2. The van der Waals surface area contributed by atoms with E-state index in [2.05, 4.69) is 38.9 Å². The van der Waals surface area contributed by atoms with Crippen LogP contribution in [0, 0.1) is 11.7 Å². The van der Waals surface area contributed by atoms with Gasteiger partial charge in [-0.05, 0) is 12.0 Å². The molecule has 2 aromatic heterocycles. The lowest BCUT2D eigenvalue weighted by Gasteiger charge is -2.27. The summed E-state index contributed by atoms with van der Waals surface area (Å²) in [5.41, 5.74) is 0.670. The minimum atomic E-state index is -0.357. The lowest BCUT2D eigenvalue weighted by atomic mass is 10.0.